The van der Waals surface area contributed by atoms with Crippen LogP contribution in [0.15, 0.2) is 18.2 Å². The van der Waals surface area contributed by atoms with Crippen LogP contribution in [-0.4, -0.2) is 19.0 Å². The van der Waals surface area contributed by atoms with Crippen molar-refractivity contribution >= 4 is 5.78 Å². The fraction of sp³-hybridized carbons (Fsp3) is 0.533. The second kappa shape index (κ2) is 4.63. The summed E-state index contributed by atoms with van der Waals surface area (Å²) in [6, 6.07) is 5.84. The average molecular weight is 248 g/mol. The monoisotopic (exact) mass is 248 g/mol. The van der Waals surface area contributed by atoms with E-state index in [1.807, 2.05) is 39.0 Å². The standard InChI is InChI=1S/C15H20O3/c1-5-15(3)13(16)9-14(15)18-11-7-6-10(2)8-12(11)17-4/h6-8,14H,5,9H2,1-4H3. The molecule has 1 saturated carbocycles. The van der Waals surface area contributed by atoms with Crippen LogP contribution >= 0.6 is 0 Å². The molecule has 98 valence electrons. The molecule has 2 rings (SSSR count). The average Bonchev–Trinajstić information content (AvgIpc) is 2.38. The number of carbonyl (C=O) groups is 1. The van der Waals surface area contributed by atoms with E-state index in [0.717, 1.165) is 23.5 Å². The van der Waals surface area contributed by atoms with Crippen molar-refractivity contribution in [3.8, 4) is 11.5 Å². The van der Waals surface area contributed by atoms with Crippen molar-refractivity contribution in [2.24, 2.45) is 5.41 Å². The van der Waals surface area contributed by atoms with E-state index < -0.39 is 0 Å². The van der Waals surface area contributed by atoms with Crippen LogP contribution in [0.1, 0.15) is 32.3 Å². The molecule has 3 nitrogen and oxygen atoms in total. The minimum atomic E-state index is -0.337. The third-order valence-electron chi connectivity index (χ3n) is 4.04. The minimum absolute atomic E-state index is 0.0355. The highest BCUT2D eigenvalue weighted by Crippen LogP contribution is 2.44. The molecule has 18 heavy (non-hydrogen) atoms. The van der Waals surface area contributed by atoms with Gasteiger partial charge in [-0.1, -0.05) is 13.0 Å². The maximum atomic E-state index is 11.7. The number of hydrogen-bond acceptors (Lipinski definition) is 3. The van der Waals surface area contributed by atoms with E-state index in [9.17, 15) is 4.79 Å². The van der Waals surface area contributed by atoms with Gasteiger partial charge in [0, 0.05) is 6.42 Å². The summed E-state index contributed by atoms with van der Waals surface area (Å²) < 4.78 is 11.3. The molecule has 0 spiro atoms. The molecule has 1 aromatic rings. The van der Waals surface area contributed by atoms with Crippen LogP contribution in [0.4, 0.5) is 0 Å². The van der Waals surface area contributed by atoms with Crippen LogP contribution in [-0.2, 0) is 4.79 Å². The Kier molecular flexibility index (Phi) is 3.33. The van der Waals surface area contributed by atoms with Crippen LogP contribution in [0.5, 0.6) is 11.5 Å². The highest BCUT2D eigenvalue weighted by molar-refractivity contribution is 5.92. The molecule has 0 saturated heterocycles. The molecule has 1 aromatic carbocycles. The van der Waals surface area contributed by atoms with Gasteiger partial charge in [0.05, 0.1) is 12.5 Å². The summed E-state index contributed by atoms with van der Waals surface area (Å²) in [4.78, 5) is 11.7. The number of hydrogen-bond donors (Lipinski definition) is 0. The molecule has 1 aliphatic rings. The number of carbonyl (C=O) groups excluding carboxylic acids is 1. The summed E-state index contributed by atoms with van der Waals surface area (Å²) >= 11 is 0. The van der Waals surface area contributed by atoms with E-state index in [1.165, 1.54) is 0 Å². The quantitative estimate of drug-likeness (QED) is 0.821. The van der Waals surface area contributed by atoms with Crippen molar-refractivity contribution < 1.29 is 14.3 Å². The molecule has 3 heteroatoms. The lowest BCUT2D eigenvalue weighted by atomic mass is 9.64. The van der Waals surface area contributed by atoms with Gasteiger partial charge in [0.2, 0.25) is 0 Å². The van der Waals surface area contributed by atoms with Crippen LogP contribution in [0.2, 0.25) is 0 Å². The Hall–Kier alpha value is -1.51. The zero-order valence-electron chi connectivity index (χ0n) is 11.4. The molecule has 0 amide bonds. The highest BCUT2D eigenvalue weighted by atomic mass is 16.5. The predicted molar refractivity (Wildman–Crippen MR) is 70.2 cm³/mol. The third kappa shape index (κ3) is 1.98. The Labute approximate surface area is 108 Å². The summed E-state index contributed by atoms with van der Waals surface area (Å²) in [6.45, 7) is 6.01. The SMILES string of the molecule is CCC1(C)C(=O)CC1Oc1ccc(C)cc1OC. The van der Waals surface area contributed by atoms with Gasteiger partial charge in [-0.25, -0.2) is 0 Å². The maximum absolute atomic E-state index is 11.7. The molecular weight excluding hydrogens is 228 g/mol. The van der Waals surface area contributed by atoms with E-state index in [2.05, 4.69) is 0 Å². The number of Topliss-reactive ketones (excluding diaryl/α,β-unsaturated/α-hetero) is 1. The number of ketones is 1. The molecule has 0 N–H and O–H groups in total. The molecule has 1 aliphatic carbocycles. The summed E-state index contributed by atoms with van der Waals surface area (Å²) in [7, 11) is 1.63. The van der Waals surface area contributed by atoms with Gasteiger partial charge in [0.15, 0.2) is 11.5 Å². The Morgan fingerprint density at radius 1 is 1.39 bits per heavy atom. The van der Waals surface area contributed by atoms with Crippen molar-refractivity contribution in [1.29, 1.82) is 0 Å². The predicted octanol–water partition coefficient (Wildman–Crippen LogP) is 3.14. The lowest BCUT2D eigenvalue weighted by Gasteiger charge is -2.44. The Balaban J connectivity index is 2.18. The van der Waals surface area contributed by atoms with Crippen LogP contribution in [0.3, 0.4) is 0 Å². The van der Waals surface area contributed by atoms with Gasteiger partial charge in [-0.2, -0.15) is 0 Å². The first-order valence-electron chi connectivity index (χ1n) is 6.36. The number of ether oxygens (including phenoxy) is 2. The van der Waals surface area contributed by atoms with Gasteiger partial charge in [0.25, 0.3) is 0 Å². The van der Waals surface area contributed by atoms with E-state index in [0.29, 0.717) is 12.2 Å². The fourth-order valence-corrected chi connectivity index (χ4v) is 2.30. The molecule has 1 fully saturated rings. The van der Waals surface area contributed by atoms with E-state index in [1.54, 1.807) is 7.11 Å². The highest BCUT2D eigenvalue weighted by Gasteiger charge is 2.51. The normalized spacial score (nSPS) is 26.7. The summed E-state index contributed by atoms with van der Waals surface area (Å²) in [5.74, 6) is 1.74. The molecule has 0 heterocycles. The Morgan fingerprint density at radius 2 is 2.11 bits per heavy atom. The maximum Gasteiger partial charge on any atom is 0.161 e. The topological polar surface area (TPSA) is 35.5 Å². The lowest BCUT2D eigenvalue weighted by Crippen LogP contribution is -2.54. The molecule has 0 aliphatic heterocycles. The van der Waals surface area contributed by atoms with Gasteiger partial charge >= 0.3 is 0 Å². The number of benzene rings is 1. The van der Waals surface area contributed by atoms with Crippen LogP contribution in [0.25, 0.3) is 0 Å². The first kappa shape index (κ1) is 12.9. The van der Waals surface area contributed by atoms with Gasteiger partial charge in [0.1, 0.15) is 11.9 Å². The summed E-state index contributed by atoms with van der Waals surface area (Å²) in [5.41, 5.74) is 0.790. The lowest BCUT2D eigenvalue weighted by molar-refractivity contribution is -0.150. The zero-order valence-corrected chi connectivity index (χ0v) is 11.4. The van der Waals surface area contributed by atoms with Crippen LogP contribution < -0.4 is 9.47 Å². The Bertz CT molecular complexity index is 467. The van der Waals surface area contributed by atoms with Gasteiger partial charge in [-0.05, 0) is 38.0 Å². The number of methoxy groups -OCH3 is 1. The molecular formula is C15H20O3. The molecule has 0 bridgehead atoms. The van der Waals surface area contributed by atoms with Crippen LogP contribution in [0, 0.1) is 12.3 Å². The van der Waals surface area contributed by atoms with Crippen molar-refractivity contribution in [2.45, 2.75) is 39.7 Å². The smallest absolute Gasteiger partial charge is 0.161 e. The Morgan fingerprint density at radius 3 is 2.67 bits per heavy atom. The summed E-state index contributed by atoms with van der Waals surface area (Å²) in [6.07, 6.45) is 1.28. The summed E-state index contributed by atoms with van der Waals surface area (Å²) in [5, 5.41) is 0. The molecule has 0 radical (unpaired) electrons. The second-order valence-corrected chi connectivity index (χ2v) is 5.16. The van der Waals surface area contributed by atoms with Crippen molar-refractivity contribution in [1.82, 2.24) is 0 Å². The van der Waals surface area contributed by atoms with E-state index in [4.69, 9.17) is 9.47 Å². The second-order valence-electron chi connectivity index (χ2n) is 5.16. The van der Waals surface area contributed by atoms with Gasteiger partial charge < -0.3 is 9.47 Å². The minimum Gasteiger partial charge on any atom is -0.493 e. The van der Waals surface area contributed by atoms with Gasteiger partial charge in [-0.3, -0.25) is 4.79 Å². The number of aryl methyl sites for hydroxylation is 1. The molecule has 2 atom stereocenters. The third-order valence-corrected chi connectivity index (χ3v) is 4.04. The number of rotatable bonds is 4. The van der Waals surface area contributed by atoms with Gasteiger partial charge in [-0.15, -0.1) is 0 Å². The zero-order chi connectivity index (χ0) is 13.3. The molecule has 2 unspecified atom stereocenters. The van der Waals surface area contributed by atoms with Crippen molar-refractivity contribution in [2.75, 3.05) is 7.11 Å². The fourth-order valence-electron chi connectivity index (χ4n) is 2.30. The van der Waals surface area contributed by atoms with Crippen molar-refractivity contribution in [3.63, 3.8) is 0 Å². The van der Waals surface area contributed by atoms with E-state index >= 15 is 0 Å². The van der Waals surface area contributed by atoms with Crippen molar-refractivity contribution in [3.05, 3.63) is 23.8 Å². The first-order valence-corrected chi connectivity index (χ1v) is 6.36. The molecule has 0 aromatic heterocycles. The largest absolute Gasteiger partial charge is 0.493 e. The van der Waals surface area contributed by atoms with E-state index in [-0.39, 0.29) is 11.5 Å². The first-order chi connectivity index (χ1) is 8.51.